The van der Waals surface area contributed by atoms with Crippen molar-refractivity contribution >= 4 is 14.2 Å². The molecule has 0 unspecified atom stereocenters. The maximum Gasteiger partial charge on any atom is 0.127 e. The summed E-state index contributed by atoms with van der Waals surface area (Å²) in [6, 6.07) is 5.19. The zero-order valence-electron chi connectivity index (χ0n) is 11.7. The summed E-state index contributed by atoms with van der Waals surface area (Å²) >= 11 is 0. The Balaban J connectivity index is 0.00000137. The number of rotatable bonds is 4. The lowest BCUT2D eigenvalue weighted by Gasteiger charge is -2.08. The van der Waals surface area contributed by atoms with Crippen LogP contribution in [0.1, 0.15) is 19.4 Å². The van der Waals surface area contributed by atoms with Crippen LogP contribution in [0.2, 0.25) is 0 Å². The summed E-state index contributed by atoms with van der Waals surface area (Å²) < 4.78 is 5.02. The summed E-state index contributed by atoms with van der Waals surface area (Å²) in [5.41, 5.74) is 0.732. The van der Waals surface area contributed by atoms with E-state index in [-0.39, 0.29) is 5.75 Å². The Hall–Kier alpha value is -1.47. The molecule has 4 heteroatoms. The molecule has 0 fully saturated rings. The van der Waals surface area contributed by atoms with E-state index < -0.39 is 0 Å². The highest BCUT2D eigenvalue weighted by Gasteiger charge is 2.04. The molecule has 3 nitrogen and oxygen atoms in total. The average Bonchev–Trinajstić information content (AvgIpc) is 2.38. The van der Waals surface area contributed by atoms with E-state index in [1.54, 1.807) is 25.3 Å². The van der Waals surface area contributed by atoms with Gasteiger partial charge in [0.25, 0.3) is 0 Å². The fourth-order valence-electron chi connectivity index (χ4n) is 1.18. The minimum atomic E-state index is 0.188. The quantitative estimate of drug-likeness (QED) is 0.850. The van der Waals surface area contributed by atoms with Crippen molar-refractivity contribution in [3.63, 3.8) is 0 Å². The molecule has 1 aromatic rings. The third-order valence-corrected chi connectivity index (χ3v) is 2.47. The Morgan fingerprint density at radius 2 is 1.94 bits per heavy atom. The van der Waals surface area contributed by atoms with E-state index in [4.69, 9.17) is 4.74 Å². The molecule has 0 aromatic heterocycles. The maximum absolute atomic E-state index is 9.78. The molecule has 0 atom stereocenters. The number of hydrogen-bond acceptors (Lipinski definition) is 3. The molecule has 100 valence electrons. The molecule has 0 radical (unpaired) electrons. The van der Waals surface area contributed by atoms with Crippen molar-refractivity contribution in [1.29, 1.82) is 0 Å². The third-order valence-electron chi connectivity index (χ3n) is 2.03. The van der Waals surface area contributed by atoms with Gasteiger partial charge in [-0.3, -0.25) is 0 Å². The minimum absolute atomic E-state index is 0.188. The van der Waals surface area contributed by atoms with Crippen LogP contribution in [0.25, 0.3) is 0 Å². The lowest BCUT2D eigenvalue weighted by molar-refractivity contribution is 0.407. The highest BCUT2D eigenvalue weighted by Crippen LogP contribution is 2.24. The van der Waals surface area contributed by atoms with E-state index in [1.807, 2.05) is 45.1 Å². The van der Waals surface area contributed by atoms with Gasteiger partial charge in [0.15, 0.2) is 0 Å². The molecule has 0 bridgehead atoms. The van der Waals surface area contributed by atoms with Crippen LogP contribution in [0.5, 0.6) is 11.5 Å². The predicted molar refractivity (Wildman–Crippen MR) is 81.3 cm³/mol. The van der Waals surface area contributed by atoms with Crippen molar-refractivity contribution in [3.8, 4) is 11.5 Å². The zero-order chi connectivity index (χ0) is 14.1. The first-order chi connectivity index (χ1) is 8.54. The Morgan fingerprint density at radius 3 is 2.39 bits per heavy atom. The van der Waals surface area contributed by atoms with E-state index in [1.165, 1.54) is 0 Å². The van der Waals surface area contributed by atoms with Crippen molar-refractivity contribution in [2.45, 2.75) is 13.8 Å². The molecular weight excluding hydrogens is 245 g/mol. The second-order valence-electron chi connectivity index (χ2n) is 3.58. The number of benzene rings is 1. The molecule has 0 saturated heterocycles. The summed E-state index contributed by atoms with van der Waals surface area (Å²) in [6.07, 6.45) is 3.77. The van der Waals surface area contributed by atoms with Crippen molar-refractivity contribution in [3.05, 3.63) is 36.0 Å². The van der Waals surface area contributed by atoms with Crippen LogP contribution in [-0.2, 0) is 0 Å². The lowest BCUT2D eigenvalue weighted by atomic mass is 10.1. The maximum atomic E-state index is 9.78. The number of aromatic hydroxyl groups is 1. The van der Waals surface area contributed by atoms with E-state index >= 15 is 0 Å². The number of phenolic OH excluding ortho intramolecular Hbond substituents is 1. The monoisotopic (exact) mass is 267 g/mol. The second-order valence-corrected chi connectivity index (χ2v) is 4.11. The van der Waals surface area contributed by atoms with Crippen molar-refractivity contribution < 1.29 is 9.84 Å². The highest BCUT2D eigenvalue weighted by atomic mass is 31.0. The first kappa shape index (κ1) is 16.5. The predicted octanol–water partition coefficient (Wildman–Crippen LogP) is 3.17. The average molecular weight is 267 g/mol. The van der Waals surface area contributed by atoms with Gasteiger partial charge in [0.1, 0.15) is 11.5 Å². The van der Waals surface area contributed by atoms with Crippen LogP contribution in [0.4, 0.5) is 0 Å². The summed E-state index contributed by atoms with van der Waals surface area (Å²) in [4.78, 5) is 1.92. The van der Waals surface area contributed by atoms with Crippen LogP contribution in [0.3, 0.4) is 0 Å². The Kier molecular flexibility index (Phi) is 7.89. The van der Waals surface area contributed by atoms with Crippen LogP contribution in [0, 0.1) is 0 Å². The number of methoxy groups -OCH3 is 1. The molecule has 0 spiro atoms. The topological polar surface area (TPSA) is 32.7 Å². The fraction of sp³-hybridized carbons (Fsp3) is 0.357. The lowest BCUT2D eigenvalue weighted by Crippen LogP contribution is -2.02. The number of allylic oxidation sites excluding steroid dienone is 1. The highest BCUT2D eigenvalue weighted by molar-refractivity contribution is 7.23. The Labute approximate surface area is 112 Å². The van der Waals surface area contributed by atoms with Crippen molar-refractivity contribution in [1.82, 2.24) is 4.90 Å². The van der Waals surface area contributed by atoms with Crippen LogP contribution >= 0.6 is 8.86 Å². The SMILES string of the molecule is CC.COc1ccc(C(=P)/C=C/N(C)C)c(O)c1. The molecular formula is C14H22NO2P. The first-order valence-electron chi connectivity index (χ1n) is 5.85. The van der Waals surface area contributed by atoms with Gasteiger partial charge in [0.2, 0.25) is 0 Å². The smallest absolute Gasteiger partial charge is 0.127 e. The Morgan fingerprint density at radius 1 is 1.33 bits per heavy atom. The van der Waals surface area contributed by atoms with Crippen molar-refractivity contribution in [2.24, 2.45) is 0 Å². The van der Waals surface area contributed by atoms with Crippen LogP contribution in [-0.4, -0.2) is 36.5 Å². The molecule has 0 amide bonds. The van der Waals surface area contributed by atoms with E-state index in [2.05, 4.69) is 8.86 Å². The number of nitrogens with zero attached hydrogens (tertiary/aromatic N) is 1. The zero-order valence-corrected chi connectivity index (χ0v) is 12.7. The summed E-state index contributed by atoms with van der Waals surface area (Å²) in [5.74, 6) is 0.824. The van der Waals surface area contributed by atoms with E-state index in [9.17, 15) is 5.11 Å². The van der Waals surface area contributed by atoms with Gasteiger partial charge in [-0.15, -0.1) is 8.86 Å². The number of hydrogen-bond donors (Lipinski definition) is 1. The first-order valence-corrected chi connectivity index (χ1v) is 6.35. The van der Waals surface area contributed by atoms with Crippen molar-refractivity contribution in [2.75, 3.05) is 21.2 Å². The van der Waals surface area contributed by atoms with Gasteiger partial charge in [-0.1, -0.05) is 13.8 Å². The van der Waals surface area contributed by atoms with Gasteiger partial charge in [-0.2, -0.15) is 0 Å². The molecule has 1 aromatic carbocycles. The summed E-state index contributed by atoms with van der Waals surface area (Å²) in [6.45, 7) is 4.00. The molecule has 0 heterocycles. The minimum Gasteiger partial charge on any atom is -0.507 e. The van der Waals surface area contributed by atoms with Gasteiger partial charge < -0.3 is 14.7 Å². The number of ether oxygens (including phenoxy) is 1. The van der Waals surface area contributed by atoms with E-state index in [0.29, 0.717) is 5.75 Å². The molecule has 1 rings (SSSR count). The molecule has 0 saturated carbocycles. The normalized spacial score (nSPS) is 9.61. The van der Waals surface area contributed by atoms with Gasteiger partial charge in [-0.25, -0.2) is 0 Å². The van der Waals surface area contributed by atoms with Crippen LogP contribution in [0.15, 0.2) is 30.5 Å². The largest absolute Gasteiger partial charge is 0.507 e. The Bertz CT molecular complexity index is 414. The third kappa shape index (κ3) is 5.24. The number of phenols is 1. The fourth-order valence-corrected chi connectivity index (χ4v) is 1.47. The van der Waals surface area contributed by atoms with Gasteiger partial charge in [0.05, 0.1) is 7.11 Å². The van der Waals surface area contributed by atoms with Crippen LogP contribution < -0.4 is 4.74 Å². The van der Waals surface area contributed by atoms with E-state index in [0.717, 1.165) is 10.9 Å². The summed E-state index contributed by atoms with van der Waals surface area (Å²) in [7, 11) is 8.91. The van der Waals surface area contributed by atoms with Gasteiger partial charge in [-0.05, 0) is 24.4 Å². The summed E-state index contributed by atoms with van der Waals surface area (Å²) in [5, 5.41) is 10.6. The molecule has 0 aliphatic rings. The molecule has 1 N–H and O–H groups in total. The molecule has 0 aliphatic carbocycles. The van der Waals surface area contributed by atoms with Gasteiger partial charge >= 0.3 is 0 Å². The standard InChI is InChI=1S/C12H16NO2P.C2H6/c1-13(2)7-6-12(16)10-5-4-9(15-3)8-11(10)14;1-2/h4-8,14,16H,1-3H3;1-2H3/b7-6+;. The molecule has 0 aliphatic heterocycles. The van der Waals surface area contributed by atoms with Gasteiger partial charge in [0, 0.05) is 31.0 Å². The second kappa shape index (κ2) is 8.60. The molecule has 18 heavy (non-hydrogen) atoms.